The number of carbonyl (C=O) groups is 1. The first-order chi connectivity index (χ1) is 8.74. The van der Waals surface area contributed by atoms with Gasteiger partial charge in [-0.3, -0.25) is 4.79 Å². The zero-order valence-corrected chi connectivity index (χ0v) is 11.1. The smallest absolute Gasteiger partial charge is 0.219 e. The third-order valence-electron chi connectivity index (χ3n) is 3.69. The molecule has 2 aliphatic rings. The first-order valence-electron chi connectivity index (χ1n) is 6.84. The van der Waals surface area contributed by atoms with Crippen molar-refractivity contribution in [3.63, 3.8) is 0 Å². The molecule has 5 heteroatoms. The number of hydrogen-bond donors (Lipinski definition) is 1. The van der Waals surface area contributed by atoms with Crippen molar-refractivity contribution in [3.05, 3.63) is 0 Å². The van der Waals surface area contributed by atoms with E-state index in [1.165, 1.54) is 0 Å². The van der Waals surface area contributed by atoms with Crippen LogP contribution in [0.2, 0.25) is 0 Å². The Balaban J connectivity index is 1.57. The maximum atomic E-state index is 11.0. The van der Waals surface area contributed by atoms with E-state index in [2.05, 4.69) is 5.32 Å². The van der Waals surface area contributed by atoms with Crippen molar-refractivity contribution in [1.29, 1.82) is 0 Å². The monoisotopic (exact) mass is 257 g/mol. The van der Waals surface area contributed by atoms with Gasteiger partial charge in [0.25, 0.3) is 0 Å². The van der Waals surface area contributed by atoms with E-state index in [1.807, 2.05) is 0 Å². The minimum absolute atomic E-state index is 0.0777. The van der Waals surface area contributed by atoms with Gasteiger partial charge in [0.15, 0.2) is 5.79 Å². The molecule has 1 N–H and O–H groups in total. The summed E-state index contributed by atoms with van der Waals surface area (Å²) < 4.78 is 17.1. The van der Waals surface area contributed by atoms with E-state index in [1.54, 1.807) is 7.05 Å². The van der Waals surface area contributed by atoms with Gasteiger partial charge in [0, 0.05) is 32.9 Å². The summed E-state index contributed by atoms with van der Waals surface area (Å²) in [7, 11) is 1.66. The van der Waals surface area contributed by atoms with Gasteiger partial charge in [0.2, 0.25) is 5.91 Å². The lowest BCUT2D eigenvalue weighted by molar-refractivity contribution is -0.191. The van der Waals surface area contributed by atoms with Gasteiger partial charge >= 0.3 is 0 Å². The number of ether oxygens (including phenoxy) is 3. The molecule has 2 rings (SSSR count). The predicted octanol–water partition coefficient (Wildman–Crippen LogP) is 1.21. The van der Waals surface area contributed by atoms with E-state index in [4.69, 9.17) is 14.2 Å². The highest BCUT2D eigenvalue weighted by molar-refractivity contribution is 5.75. The van der Waals surface area contributed by atoms with Crippen molar-refractivity contribution in [2.24, 2.45) is 0 Å². The molecule has 0 bridgehead atoms. The largest absolute Gasteiger partial charge is 0.378 e. The lowest BCUT2D eigenvalue weighted by Crippen LogP contribution is -2.37. The van der Waals surface area contributed by atoms with E-state index in [9.17, 15) is 4.79 Å². The minimum Gasteiger partial charge on any atom is -0.378 e. The van der Waals surface area contributed by atoms with Gasteiger partial charge in [-0.25, -0.2) is 0 Å². The molecule has 2 fully saturated rings. The molecule has 0 unspecified atom stereocenters. The molecule has 104 valence electrons. The Kier molecular flexibility index (Phi) is 4.97. The summed E-state index contributed by atoms with van der Waals surface area (Å²) in [5.74, 6) is -0.226. The number of rotatable bonds is 5. The van der Waals surface area contributed by atoms with Gasteiger partial charge < -0.3 is 19.5 Å². The Hall–Kier alpha value is -0.650. The van der Waals surface area contributed by atoms with Crippen molar-refractivity contribution >= 4 is 5.91 Å². The van der Waals surface area contributed by atoms with Crippen LogP contribution < -0.4 is 5.32 Å². The highest BCUT2D eigenvalue weighted by atomic mass is 16.7. The highest BCUT2D eigenvalue weighted by Gasteiger charge is 2.40. The van der Waals surface area contributed by atoms with E-state index < -0.39 is 0 Å². The average molecular weight is 257 g/mol. The number of carbonyl (C=O) groups excluding carboxylic acids is 1. The van der Waals surface area contributed by atoms with Crippen molar-refractivity contribution in [2.75, 3.05) is 26.9 Å². The quantitative estimate of drug-likeness (QED) is 0.752. The molecule has 1 saturated carbocycles. The molecular weight excluding hydrogens is 234 g/mol. The van der Waals surface area contributed by atoms with Crippen molar-refractivity contribution < 1.29 is 19.0 Å². The molecule has 1 spiro atoms. The van der Waals surface area contributed by atoms with Gasteiger partial charge in [-0.15, -0.1) is 0 Å². The maximum Gasteiger partial charge on any atom is 0.219 e. The molecule has 1 saturated heterocycles. The number of nitrogens with one attached hydrogen (secondary N) is 1. The predicted molar refractivity (Wildman–Crippen MR) is 66.1 cm³/mol. The lowest BCUT2D eigenvalue weighted by Gasteiger charge is -2.35. The Morgan fingerprint density at radius 3 is 2.61 bits per heavy atom. The minimum atomic E-state index is -0.304. The van der Waals surface area contributed by atoms with Crippen molar-refractivity contribution in [3.8, 4) is 0 Å². The third-order valence-corrected chi connectivity index (χ3v) is 3.69. The first kappa shape index (κ1) is 13.8. The van der Waals surface area contributed by atoms with Gasteiger partial charge in [-0.05, 0) is 19.3 Å². The molecular formula is C13H23NO4. The van der Waals surface area contributed by atoms with Crippen molar-refractivity contribution in [2.45, 2.75) is 50.4 Å². The molecule has 1 heterocycles. The molecule has 0 radical (unpaired) electrons. The Bertz CT molecular complexity index is 266. The second-order valence-electron chi connectivity index (χ2n) is 4.95. The second-order valence-corrected chi connectivity index (χ2v) is 4.95. The van der Waals surface area contributed by atoms with Gasteiger partial charge in [0.1, 0.15) is 0 Å². The van der Waals surface area contributed by atoms with Crippen LogP contribution in [0.1, 0.15) is 38.5 Å². The molecule has 0 atom stereocenters. The fraction of sp³-hybridized carbons (Fsp3) is 0.923. The molecule has 1 aliphatic heterocycles. The number of hydrogen-bond acceptors (Lipinski definition) is 4. The van der Waals surface area contributed by atoms with Crippen LogP contribution in [0.4, 0.5) is 0 Å². The van der Waals surface area contributed by atoms with Gasteiger partial charge in [-0.2, -0.15) is 0 Å². The molecule has 18 heavy (non-hydrogen) atoms. The van der Waals surface area contributed by atoms with Crippen LogP contribution in [0.15, 0.2) is 0 Å². The summed E-state index contributed by atoms with van der Waals surface area (Å²) in [5.41, 5.74) is 0. The standard InChI is InChI=1S/C13H23NO4/c1-14-12(15)3-2-8-16-11-4-6-13(7-5-11)17-9-10-18-13/h11H,2-10H2,1H3,(H,14,15). The van der Waals surface area contributed by atoms with Gasteiger partial charge in [-0.1, -0.05) is 0 Å². The van der Waals surface area contributed by atoms with Crippen LogP contribution in [-0.2, 0) is 19.0 Å². The van der Waals surface area contributed by atoms with E-state index in [-0.39, 0.29) is 11.7 Å². The molecule has 0 aromatic heterocycles. The Morgan fingerprint density at radius 2 is 2.00 bits per heavy atom. The number of amides is 1. The van der Waals surface area contributed by atoms with Crippen LogP contribution in [0.5, 0.6) is 0 Å². The van der Waals surface area contributed by atoms with Crippen LogP contribution >= 0.6 is 0 Å². The average Bonchev–Trinajstić information content (AvgIpc) is 2.85. The summed E-state index contributed by atoms with van der Waals surface area (Å²) in [6.45, 7) is 2.10. The molecule has 5 nitrogen and oxygen atoms in total. The van der Waals surface area contributed by atoms with Crippen LogP contribution in [-0.4, -0.2) is 44.7 Å². The second kappa shape index (κ2) is 6.50. The van der Waals surface area contributed by atoms with E-state index in [0.717, 1.165) is 45.3 Å². The summed E-state index contributed by atoms with van der Waals surface area (Å²) in [4.78, 5) is 11.0. The van der Waals surface area contributed by atoms with E-state index >= 15 is 0 Å². The summed E-state index contributed by atoms with van der Waals surface area (Å²) in [5, 5.41) is 2.61. The fourth-order valence-electron chi connectivity index (χ4n) is 2.59. The van der Waals surface area contributed by atoms with E-state index in [0.29, 0.717) is 19.1 Å². The van der Waals surface area contributed by atoms with Gasteiger partial charge in [0.05, 0.1) is 19.3 Å². The topological polar surface area (TPSA) is 56.8 Å². The maximum absolute atomic E-state index is 11.0. The molecule has 1 aliphatic carbocycles. The third kappa shape index (κ3) is 3.67. The zero-order chi connectivity index (χ0) is 12.8. The SMILES string of the molecule is CNC(=O)CCCOC1CCC2(CC1)OCCO2. The van der Waals surface area contributed by atoms with Crippen LogP contribution in [0.25, 0.3) is 0 Å². The Morgan fingerprint density at radius 1 is 1.33 bits per heavy atom. The summed E-state index contributed by atoms with van der Waals surface area (Å²) in [6, 6.07) is 0. The summed E-state index contributed by atoms with van der Waals surface area (Å²) >= 11 is 0. The molecule has 0 aromatic carbocycles. The zero-order valence-electron chi connectivity index (χ0n) is 11.1. The van der Waals surface area contributed by atoms with Crippen LogP contribution in [0.3, 0.4) is 0 Å². The molecule has 1 amide bonds. The van der Waals surface area contributed by atoms with Crippen molar-refractivity contribution in [1.82, 2.24) is 5.32 Å². The lowest BCUT2D eigenvalue weighted by atomic mass is 9.92. The molecule has 0 aromatic rings. The van der Waals surface area contributed by atoms with Crippen LogP contribution in [0, 0.1) is 0 Å². The normalized spacial score (nSPS) is 23.4. The Labute approximate surface area is 108 Å². The first-order valence-corrected chi connectivity index (χ1v) is 6.84. The fourth-order valence-corrected chi connectivity index (χ4v) is 2.59. The highest BCUT2D eigenvalue weighted by Crippen LogP contribution is 2.36. The summed E-state index contributed by atoms with van der Waals surface area (Å²) in [6.07, 6.45) is 5.45.